The number of carbonyl (C=O) groups excluding carboxylic acids is 2. The predicted octanol–water partition coefficient (Wildman–Crippen LogP) is 3.15. The van der Waals surface area contributed by atoms with Gasteiger partial charge in [-0.1, -0.05) is 31.5 Å². The summed E-state index contributed by atoms with van der Waals surface area (Å²) in [7, 11) is -3.46. The highest BCUT2D eigenvalue weighted by atomic mass is 32.2. The highest BCUT2D eigenvalue weighted by molar-refractivity contribution is 7.92. The average Bonchev–Trinajstić information content (AvgIpc) is 2.63. The fraction of sp³-hybridized carbons (Fsp3) is 0.300. The highest BCUT2D eigenvalue weighted by Gasteiger charge is 2.15. The molecule has 0 aromatic heterocycles. The topological polar surface area (TPSA) is 104 Å². The molecule has 0 saturated carbocycles. The molecule has 0 atom stereocenters. The van der Waals surface area contributed by atoms with Crippen LogP contribution in [0.25, 0.3) is 0 Å². The van der Waals surface area contributed by atoms with Gasteiger partial charge in [0, 0.05) is 12.1 Å². The largest absolute Gasteiger partial charge is 0.352 e. The van der Waals surface area contributed by atoms with Crippen LogP contribution >= 0.6 is 0 Å². The zero-order valence-electron chi connectivity index (χ0n) is 16.2. The number of sulfonamides is 1. The van der Waals surface area contributed by atoms with E-state index < -0.39 is 15.9 Å². The fourth-order valence-electron chi connectivity index (χ4n) is 2.53. The first-order valence-corrected chi connectivity index (χ1v) is 10.9. The number of nitrogens with one attached hydrogen (secondary N) is 3. The Hall–Kier alpha value is -2.87. The first kappa shape index (κ1) is 21.4. The minimum atomic E-state index is -3.46. The normalized spacial score (nSPS) is 11.0. The molecule has 0 spiro atoms. The Kier molecular flexibility index (Phi) is 7.17. The molecule has 0 heterocycles. The molecule has 2 aromatic rings. The van der Waals surface area contributed by atoms with E-state index in [0.29, 0.717) is 29.0 Å². The van der Waals surface area contributed by atoms with Crippen molar-refractivity contribution in [3.8, 4) is 0 Å². The first-order valence-electron chi connectivity index (χ1n) is 8.98. The van der Waals surface area contributed by atoms with E-state index in [1.807, 2.05) is 6.92 Å². The highest BCUT2D eigenvalue weighted by Crippen LogP contribution is 2.20. The standard InChI is InChI=1S/C20H25N3O4S/c1-4-5-12-21-20(25)16-8-6-7-9-17(16)22-19(24)15-11-10-14(2)18(13-15)23-28(3,26)27/h6-11,13,23H,4-5,12H2,1-3H3,(H,21,25)(H,22,24). The molecule has 0 aliphatic heterocycles. The Bertz CT molecular complexity index is 971. The Morgan fingerprint density at radius 3 is 2.39 bits per heavy atom. The summed E-state index contributed by atoms with van der Waals surface area (Å²) in [5.74, 6) is -0.696. The maximum absolute atomic E-state index is 12.7. The lowest BCUT2D eigenvalue weighted by molar-refractivity contribution is 0.0954. The summed E-state index contributed by atoms with van der Waals surface area (Å²) in [4.78, 5) is 25.0. The number of hydrogen-bond acceptors (Lipinski definition) is 4. The van der Waals surface area contributed by atoms with Crippen LogP contribution in [0, 0.1) is 6.92 Å². The van der Waals surface area contributed by atoms with E-state index in [9.17, 15) is 18.0 Å². The predicted molar refractivity (Wildman–Crippen MR) is 111 cm³/mol. The van der Waals surface area contributed by atoms with Crippen LogP contribution in [-0.4, -0.2) is 33.0 Å². The van der Waals surface area contributed by atoms with Gasteiger partial charge in [-0.15, -0.1) is 0 Å². The number of rotatable bonds is 8. The average molecular weight is 404 g/mol. The molecule has 0 fully saturated rings. The lowest BCUT2D eigenvalue weighted by atomic mass is 10.1. The summed E-state index contributed by atoms with van der Waals surface area (Å²) >= 11 is 0. The molecule has 0 radical (unpaired) electrons. The van der Waals surface area contributed by atoms with Crippen molar-refractivity contribution in [3.05, 3.63) is 59.2 Å². The van der Waals surface area contributed by atoms with Gasteiger partial charge < -0.3 is 10.6 Å². The zero-order valence-corrected chi connectivity index (χ0v) is 17.0. The maximum Gasteiger partial charge on any atom is 0.255 e. The van der Waals surface area contributed by atoms with Crippen LogP contribution in [0.3, 0.4) is 0 Å². The Balaban J connectivity index is 2.22. The maximum atomic E-state index is 12.7. The molecule has 0 unspecified atom stereocenters. The second kappa shape index (κ2) is 9.36. The van der Waals surface area contributed by atoms with Crippen molar-refractivity contribution < 1.29 is 18.0 Å². The molecule has 3 N–H and O–H groups in total. The van der Waals surface area contributed by atoms with Gasteiger partial charge in [0.25, 0.3) is 11.8 Å². The molecule has 0 bridgehead atoms. The van der Waals surface area contributed by atoms with E-state index in [1.165, 1.54) is 6.07 Å². The molecule has 2 amide bonds. The third-order valence-electron chi connectivity index (χ3n) is 4.03. The van der Waals surface area contributed by atoms with Gasteiger partial charge in [-0.05, 0) is 43.2 Å². The van der Waals surface area contributed by atoms with E-state index >= 15 is 0 Å². The number of carbonyl (C=O) groups is 2. The SMILES string of the molecule is CCCCNC(=O)c1ccccc1NC(=O)c1ccc(C)c(NS(C)(=O)=O)c1. The van der Waals surface area contributed by atoms with Crippen LogP contribution in [0.1, 0.15) is 46.0 Å². The van der Waals surface area contributed by atoms with Gasteiger partial charge in [0.15, 0.2) is 0 Å². The summed E-state index contributed by atoms with van der Waals surface area (Å²) in [5.41, 5.74) is 2.06. The van der Waals surface area contributed by atoms with E-state index in [2.05, 4.69) is 15.4 Å². The number of para-hydroxylation sites is 1. The van der Waals surface area contributed by atoms with Crippen LogP contribution in [0.4, 0.5) is 11.4 Å². The second-order valence-corrected chi connectivity index (χ2v) is 8.26. The molecule has 150 valence electrons. The monoisotopic (exact) mass is 403 g/mol. The molecular formula is C20H25N3O4S. The molecule has 0 aliphatic rings. The lowest BCUT2D eigenvalue weighted by Gasteiger charge is -2.13. The summed E-state index contributed by atoms with van der Waals surface area (Å²) in [6.07, 6.45) is 2.89. The van der Waals surface area contributed by atoms with Crippen molar-refractivity contribution >= 4 is 33.2 Å². The smallest absolute Gasteiger partial charge is 0.255 e. The van der Waals surface area contributed by atoms with Gasteiger partial charge in [-0.3, -0.25) is 14.3 Å². The van der Waals surface area contributed by atoms with Gasteiger partial charge in [0.1, 0.15) is 0 Å². The van der Waals surface area contributed by atoms with Crippen LogP contribution < -0.4 is 15.4 Å². The van der Waals surface area contributed by atoms with Crippen LogP contribution in [0.5, 0.6) is 0 Å². The van der Waals surface area contributed by atoms with E-state index in [0.717, 1.165) is 19.1 Å². The Labute approximate surface area is 165 Å². The van der Waals surface area contributed by atoms with Crippen molar-refractivity contribution in [1.29, 1.82) is 0 Å². The number of unbranched alkanes of at least 4 members (excludes halogenated alkanes) is 1. The summed E-state index contributed by atoms with van der Waals surface area (Å²) in [5, 5.41) is 5.56. The van der Waals surface area contributed by atoms with Crippen molar-refractivity contribution in [2.45, 2.75) is 26.7 Å². The number of amides is 2. The molecule has 0 aliphatic carbocycles. The van der Waals surface area contributed by atoms with Crippen molar-refractivity contribution in [2.24, 2.45) is 0 Å². The van der Waals surface area contributed by atoms with Crippen LogP contribution in [0.2, 0.25) is 0 Å². The van der Waals surface area contributed by atoms with Gasteiger partial charge in [0.2, 0.25) is 10.0 Å². The quantitative estimate of drug-likeness (QED) is 0.589. The second-order valence-electron chi connectivity index (χ2n) is 6.51. The van der Waals surface area contributed by atoms with Gasteiger partial charge in [-0.25, -0.2) is 8.42 Å². The van der Waals surface area contributed by atoms with Gasteiger partial charge >= 0.3 is 0 Å². The minimum absolute atomic E-state index is 0.257. The molecule has 2 rings (SSSR count). The summed E-state index contributed by atoms with van der Waals surface area (Å²) in [6.45, 7) is 4.34. The zero-order chi connectivity index (χ0) is 20.7. The third kappa shape index (κ3) is 6.09. The van der Waals surface area contributed by atoms with E-state index in [1.54, 1.807) is 43.3 Å². The summed E-state index contributed by atoms with van der Waals surface area (Å²) < 4.78 is 25.4. The van der Waals surface area contributed by atoms with Crippen LogP contribution in [0.15, 0.2) is 42.5 Å². The molecule has 28 heavy (non-hydrogen) atoms. The van der Waals surface area contributed by atoms with E-state index in [4.69, 9.17) is 0 Å². The molecule has 8 heteroatoms. The number of anilines is 2. The van der Waals surface area contributed by atoms with Gasteiger partial charge in [0.05, 0.1) is 23.2 Å². The first-order chi connectivity index (χ1) is 13.2. The molecule has 0 saturated heterocycles. The Morgan fingerprint density at radius 1 is 1.00 bits per heavy atom. The molecule has 7 nitrogen and oxygen atoms in total. The molecule has 2 aromatic carbocycles. The van der Waals surface area contributed by atoms with Crippen LogP contribution in [-0.2, 0) is 10.0 Å². The van der Waals surface area contributed by atoms with Crippen molar-refractivity contribution in [1.82, 2.24) is 5.32 Å². The number of aryl methyl sites for hydroxylation is 1. The lowest BCUT2D eigenvalue weighted by Crippen LogP contribution is -2.26. The fourth-order valence-corrected chi connectivity index (χ4v) is 3.15. The molecular weight excluding hydrogens is 378 g/mol. The third-order valence-corrected chi connectivity index (χ3v) is 4.62. The number of hydrogen-bond donors (Lipinski definition) is 3. The summed E-state index contributed by atoms with van der Waals surface area (Å²) in [6, 6.07) is 11.5. The number of benzene rings is 2. The van der Waals surface area contributed by atoms with Crippen molar-refractivity contribution in [2.75, 3.05) is 22.8 Å². The van der Waals surface area contributed by atoms with E-state index in [-0.39, 0.29) is 11.5 Å². The minimum Gasteiger partial charge on any atom is -0.352 e. The van der Waals surface area contributed by atoms with Crippen molar-refractivity contribution in [3.63, 3.8) is 0 Å². The Morgan fingerprint density at radius 2 is 1.71 bits per heavy atom. The van der Waals surface area contributed by atoms with Gasteiger partial charge in [-0.2, -0.15) is 0 Å².